The van der Waals surface area contributed by atoms with Crippen LogP contribution in [0.15, 0.2) is 47.7 Å². The number of anilines is 1. The number of rotatable bonds is 4. The van der Waals surface area contributed by atoms with Crippen LogP contribution in [0.25, 0.3) is 28.1 Å². The summed E-state index contributed by atoms with van der Waals surface area (Å²) < 4.78 is 21.8. The zero-order valence-electron chi connectivity index (χ0n) is 24.4. The van der Waals surface area contributed by atoms with Crippen LogP contribution in [0.3, 0.4) is 0 Å². The first-order chi connectivity index (χ1) is 19.9. The number of aromatic nitrogens is 5. The molecule has 1 atom stereocenters. The highest BCUT2D eigenvalue weighted by atomic mass is 35.5. The molecule has 1 unspecified atom stereocenters. The fourth-order valence-corrected chi connectivity index (χ4v) is 5.30. The molecule has 5 rings (SSSR count). The van der Waals surface area contributed by atoms with E-state index in [1.54, 1.807) is 35.4 Å². The van der Waals surface area contributed by atoms with Gasteiger partial charge in [-0.05, 0) is 51.8 Å². The molecule has 1 fully saturated rings. The van der Waals surface area contributed by atoms with Gasteiger partial charge in [-0.1, -0.05) is 37.6 Å². The van der Waals surface area contributed by atoms with E-state index in [4.69, 9.17) is 21.3 Å². The van der Waals surface area contributed by atoms with Crippen molar-refractivity contribution < 1.29 is 13.9 Å². The number of hydrogen-bond acceptors (Lipinski definition) is 8. The maximum atomic E-state index is 14.9. The van der Waals surface area contributed by atoms with Crippen LogP contribution >= 0.6 is 11.6 Å². The molecule has 0 aliphatic carbocycles. The number of amides is 1. The molecule has 0 radical (unpaired) electrons. The lowest BCUT2D eigenvalue weighted by atomic mass is 10.1. The predicted octanol–water partition coefficient (Wildman–Crippen LogP) is 5.60. The fraction of sp³-hybridized carbons (Fsp3) is 0.400. The van der Waals surface area contributed by atoms with Crippen molar-refractivity contribution in [3.63, 3.8) is 0 Å². The molecule has 42 heavy (non-hydrogen) atoms. The number of carbonyl (C=O) groups excluding carboxylic acids is 1. The molecule has 12 heteroatoms. The Hall–Kier alpha value is -4.12. The molecule has 1 aliphatic heterocycles. The van der Waals surface area contributed by atoms with Gasteiger partial charge in [-0.15, -0.1) is 0 Å². The van der Waals surface area contributed by atoms with Gasteiger partial charge in [0.2, 0.25) is 0 Å². The normalized spacial score (nSPS) is 15.9. The van der Waals surface area contributed by atoms with E-state index in [9.17, 15) is 14.0 Å². The largest absolute Gasteiger partial charge is 0.444 e. The number of pyridine rings is 1. The lowest BCUT2D eigenvalue weighted by molar-refractivity contribution is 0.0218. The van der Waals surface area contributed by atoms with Gasteiger partial charge in [0.25, 0.3) is 0 Å². The summed E-state index contributed by atoms with van der Waals surface area (Å²) >= 11 is 6.75. The molecule has 4 aromatic rings. The van der Waals surface area contributed by atoms with Crippen LogP contribution < -0.4 is 10.6 Å². The smallest absolute Gasteiger partial charge is 0.410 e. The average molecular weight is 594 g/mol. The third-order valence-electron chi connectivity index (χ3n) is 7.03. The maximum Gasteiger partial charge on any atom is 0.410 e. The topological polar surface area (TPSA) is 106 Å². The Labute approximate surface area is 248 Å². The van der Waals surface area contributed by atoms with E-state index in [1.807, 2.05) is 46.4 Å². The molecule has 1 aromatic carbocycles. The van der Waals surface area contributed by atoms with Crippen LogP contribution in [-0.4, -0.2) is 66.8 Å². The maximum absolute atomic E-state index is 14.9. The standard InChI is InChI=1S/C30H33ClFN7O3/c1-17(2)21-14-33-16-34-25(21)39-27-20(13-22(31)24(35-27)19-9-7-8-10-23(19)32)26(36-28(39)40)38-12-11-37(15-18(38)3)29(41)42-30(4,5)6/h7-10,13-14,16-18H,11-12,15H2,1-6H3. The molecule has 1 saturated heterocycles. The molecule has 1 aliphatic rings. The van der Waals surface area contributed by atoms with Crippen molar-refractivity contribution in [2.75, 3.05) is 24.5 Å². The second-order valence-corrected chi connectivity index (χ2v) is 12.1. The molecular weight excluding hydrogens is 561 g/mol. The highest BCUT2D eigenvalue weighted by molar-refractivity contribution is 6.33. The number of benzene rings is 1. The number of hydrogen-bond donors (Lipinski definition) is 0. The van der Waals surface area contributed by atoms with Gasteiger partial charge >= 0.3 is 11.8 Å². The molecule has 0 spiro atoms. The molecular formula is C30H33ClFN7O3. The van der Waals surface area contributed by atoms with Crippen LogP contribution in [-0.2, 0) is 4.74 Å². The summed E-state index contributed by atoms with van der Waals surface area (Å²) in [5.41, 5.74) is 0.125. The molecule has 3 aromatic heterocycles. The lowest BCUT2D eigenvalue weighted by Crippen LogP contribution is -2.55. The Morgan fingerprint density at radius 3 is 2.55 bits per heavy atom. The van der Waals surface area contributed by atoms with Gasteiger partial charge in [-0.25, -0.2) is 33.5 Å². The number of carbonyl (C=O) groups is 1. The SMILES string of the molecule is CC(C)c1cncnc1-n1c(=O)nc(N2CCN(C(=O)OC(C)(C)C)CC2C)c2cc(Cl)c(-c3ccccc3F)nc21. The number of nitrogens with zero attached hydrogens (tertiary/aromatic N) is 7. The third kappa shape index (κ3) is 5.65. The van der Waals surface area contributed by atoms with Crippen LogP contribution in [0.2, 0.25) is 5.02 Å². The highest BCUT2D eigenvalue weighted by Crippen LogP contribution is 2.35. The Bertz CT molecular complexity index is 1720. The van der Waals surface area contributed by atoms with Crippen molar-refractivity contribution in [2.45, 2.75) is 59.1 Å². The van der Waals surface area contributed by atoms with Gasteiger partial charge in [0, 0.05) is 43.0 Å². The summed E-state index contributed by atoms with van der Waals surface area (Å²) in [5.74, 6) is 0.205. The highest BCUT2D eigenvalue weighted by Gasteiger charge is 2.32. The van der Waals surface area contributed by atoms with Crippen molar-refractivity contribution in [2.24, 2.45) is 0 Å². The summed E-state index contributed by atoms with van der Waals surface area (Å²) in [6.45, 7) is 12.5. The minimum Gasteiger partial charge on any atom is -0.444 e. The quantitative estimate of drug-likeness (QED) is 0.301. The third-order valence-corrected chi connectivity index (χ3v) is 7.32. The monoisotopic (exact) mass is 593 g/mol. The van der Waals surface area contributed by atoms with Crippen LogP contribution in [0.5, 0.6) is 0 Å². The van der Waals surface area contributed by atoms with Gasteiger partial charge in [-0.3, -0.25) is 0 Å². The second kappa shape index (κ2) is 11.3. The van der Waals surface area contributed by atoms with E-state index in [2.05, 4.69) is 15.0 Å². The van der Waals surface area contributed by atoms with Gasteiger partial charge < -0.3 is 14.5 Å². The summed E-state index contributed by atoms with van der Waals surface area (Å²) in [6, 6.07) is 7.64. The molecule has 4 heterocycles. The van der Waals surface area contributed by atoms with E-state index in [0.717, 1.165) is 5.56 Å². The minimum atomic E-state index is -0.617. The summed E-state index contributed by atoms with van der Waals surface area (Å²) in [5, 5.41) is 0.693. The predicted molar refractivity (Wildman–Crippen MR) is 160 cm³/mol. The van der Waals surface area contributed by atoms with Gasteiger partial charge in [0.15, 0.2) is 5.65 Å². The van der Waals surface area contributed by atoms with Gasteiger partial charge in [0.1, 0.15) is 29.4 Å². The number of ether oxygens (including phenoxy) is 1. The molecule has 220 valence electrons. The molecule has 1 amide bonds. The first-order valence-corrected chi connectivity index (χ1v) is 14.2. The molecule has 10 nitrogen and oxygen atoms in total. The van der Waals surface area contributed by atoms with Crippen LogP contribution in [0.1, 0.15) is 53.0 Å². The van der Waals surface area contributed by atoms with Crippen molar-refractivity contribution in [3.05, 3.63) is 69.7 Å². The van der Waals surface area contributed by atoms with Crippen molar-refractivity contribution in [1.82, 2.24) is 29.4 Å². The first-order valence-electron chi connectivity index (χ1n) is 13.8. The lowest BCUT2D eigenvalue weighted by Gasteiger charge is -2.41. The Balaban J connectivity index is 1.69. The molecule has 0 bridgehead atoms. The van der Waals surface area contributed by atoms with Crippen molar-refractivity contribution in [1.29, 1.82) is 0 Å². The number of fused-ring (bicyclic) bond motifs is 1. The molecule has 0 N–H and O–H groups in total. The van der Waals surface area contributed by atoms with E-state index in [0.29, 0.717) is 36.7 Å². The zero-order valence-corrected chi connectivity index (χ0v) is 25.2. The van der Waals surface area contributed by atoms with E-state index in [-0.39, 0.29) is 33.9 Å². The van der Waals surface area contributed by atoms with E-state index in [1.165, 1.54) is 17.0 Å². The van der Waals surface area contributed by atoms with E-state index < -0.39 is 23.2 Å². The van der Waals surface area contributed by atoms with E-state index >= 15 is 0 Å². The summed E-state index contributed by atoms with van der Waals surface area (Å²) in [6.07, 6.45) is 2.62. The van der Waals surface area contributed by atoms with Crippen molar-refractivity contribution in [3.8, 4) is 17.1 Å². The summed E-state index contributed by atoms with van der Waals surface area (Å²) in [7, 11) is 0. The van der Waals surface area contributed by atoms with Crippen LogP contribution in [0, 0.1) is 5.82 Å². The van der Waals surface area contributed by atoms with Crippen LogP contribution in [0.4, 0.5) is 15.0 Å². The average Bonchev–Trinajstić information content (AvgIpc) is 2.92. The number of piperazine rings is 1. The Kier molecular flexibility index (Phi) is 7.89. The molecule has 0 saturated carbocycles. The summed E-state index contributed by atoms with van der Waals surface area (Å²) in [4.78, 5) is 48.1. The first kappa shape index (κ1) is 29.4. The Morgan fingerprint density at radius 1 is 1.14 bits per heavy atom. The van der Waals surface area contributed by atoms with Crippen molar-refractivity contribution >= 4 is 34.5 Å². The fourth-order valence-electron chi connectivity index (χ4n) is 5.05. The van der Waals surface area contributed by atoms with Gasteiger partial charge in [0.05, 0.1) is 16.1 Å². The number of halogens is 2. The zero-order chi connectivity index (χ0) is 30.3. The minimum absolute atomic E-state index is 0.0119. The van der Waals surface area contributed by atoms with Gasteiger partial charge in [-0.2, -0.15) is 4.98 Å². The Morgan fingerprint density at radius 2 is 1.88 bits per heavy atom. The second-order valence-electron chi connectivity index (χ2n) is 11.6.